The van der Waals surface area contributed by atoms with Gasteiger partial charge < -0.3 is 14.4 Å². The monoisotopic (exact) mass is 295 g/mol. The summed E-state index contributed by atoms with van der Waals surface area (Å²) in [6.07, 6.45) is -0.173. The van der Waals surface area contributed by atoms with Gasteiger partial charge >= 0.3 is 0 Å². The van der Waals surface area contributed by atoms with Crippen LogP contribution in [-0.4, -0.2) is 28.3 Å². The van der Waals surface area contributed by atoms with E-state index in [1.807, 2.05) is 31.2 Å². The summed E-state index contributed by atoms with van der Waals surface area (Å²) in [5.41, 5.74) is 1.36. The molecule has 5 heteroatoms. The quantitative estimate of drug-likeness (QED) is 0.859. The molecule has 0 saturated carbocycles. The summed E-state index contributed by atoms with van der Waals surface area (Å²) < 4.78 is 7.31. The largest absolute Gasteiger partial charge is 0.490 e. The molecule has 1 N–H and O–H groups in total. The van der Waals surface area contributed by atoms with Crippen molar-refractivity contribution in [3.63, 3.8) is 0 Å². The van der Waals surface area contributed by atoms with Crippen molar-refractivity contribution < 1.29 is 9.84 Å². The van der Waals surface area contributed by atoms with E-state index in [2.05, 4.69) is 0 Å². The van der Waals surface area contributed by atoms with Gasteiger partial charge in [-0.05, 0) is 18.6 Å². The Balaban J connectivity index is 2.61. The first kappa shape index (κ1) is 14.9. The summed E-state index contributed by atoms with van der Waals surface area (Å²) in [4.78, 5) is 12.3. The first-order chi connectivity index (χ1) is 9.60. The molecule has 0 aliphatic carbocycles. The molecule has 1 heterocycles. The highest BCUT2D eigenvalue weighted by molar-refractivity contribution is 6.18. The van der Waals surface area contributed by atoms with Gasteiger partial charge in [0.25, 0.3) is 5.56 Å². The number of para-hydroxylation sites is 1. The van der Waals surface area contributed by atoms with Crippen molar-refractivity contribution in [2.45, 2.75) is 19.4 Å². The summed E-state index contributed by atoms with van der Waals surface area (Å²) in [7, 11) is 1.75. The number of halogens is 1. The second-order valence-corrected chi connectivity index (χ2v) is 4.97. The van der Waals surface area contributed by atoms with Gasteiger partial charge in [-0.1, -0.05) is 19.1 Å². The first-order valence-electron chi connectivity index (χ1n) is 6.57. The third kappa shape index (κ3) is 2.67. The van der Waals surface area contributed by atoms with Gasteiger partial charge in [-0.15, -0.1) is 11.6 Å². The number of aryl methyl sites for hydroxylation is 1. The van der Waals surface area contributed by atoms with E-state index in [1.54, 1.807) is 11.6 Å². The van der Waals surface area contributed by atoms with Crippen LogP contribution in [0.25, 0.3) is 10.9 Å². The minimum Gasteiger partial charge on any atom is -0.490 e. The lowest BCUT2D eigenvalue weighted by molar-refractivity contribution is 0.125. The third-order valence-corrected chi connectivity index (χ3v) is 3.65. The van der Waals surface area contributed by atoms with Gasteiger partial charge in [-0.2, -0.15) is 0 Å². The fourth-order valence-corrected chi connectivity index (χ4v) is 2.32. The van der Waals surface area contributed by atoms with Crippen LogP contribution in [0.5, 0.6) is 5.75 Å². The number of hydrogen-bond donors (Lipinski definition) is 1. The van der Waals surface area contributed by atoms with Crippen LogP contribution in [0, 0.1) is 0 Å². The van der Waals surface area contributed by atoms with Crippen molar-refractivity contribution in [1.29, 1.82) is 0 Å². The molecular formula is C15H18ClNO3. The number of aliphatic hydroxyl groups excluding tert-OH is 1. The van der Waals surface area contributed by atoms with Crippen molar-refractivity contribution in [2.24, 2.45) is 7.05 Å². The van der Waals surface area contributed by atoms with Gasteiger partial charge in [-0.25, -0.2) is 0 Å². The first-order valence-corrected chi connectivity index (χ1v) is 7.11. The van der Waals surface area contributed by atoms with Gasteiger partial charge in [0.2, 0.25) is 0 Å². The lowest BCUT2D eigenvalue weighted by Crippen LogP contribution is -2.25. The van der Waals surface area contributed by atoms with E-state index >= 15 is 0 Å². The highest BCUT2D eigenvalue weighted by Crippen LogP contribution is 2.27. The standard InChI is InChI=1S/C15H18ClNO3/c1-3-11-14(20-9-10(18)8-16)12-6-4-5-7-13(12)17(2)15(11)19/h4-7,10,18H,3,8-9H2,1-2H3. The van der Waals surface area contributed by atoms with Crippen LogP contribution in [0.3, 0.4) is 0 Å². The minimum absolute atomic E-state index is 0.0680. The molecule has 4 nitrogen and oxygen atoms in total. The summed E-state index contributed by atoms with van der Waals surface area (Å²) in [6, 6.07) is 7.57. The van der Waals surface area contributed by atoms with Gasteiger partial charge in [0.1, 0.15) is 18.5 Å². The Kier molecular flexibility index (Phi) is 4.68. The van der Waals surface area contributed by atoms with Crippen LogP contribution >= 0.6 is 11.6 Å². The Morgan fingerprint density at radius 1 is 1.40 bits per heavy atom. The molecule has 0 radical (unpaired) electrons. The van der Waals surface area contributed by atoms with Gasteiger partial charge in [0.15, 0.2) is 0 Å². The molecule has 0 spiro atoms. The Bertz CT molecular complexity index is 666. The Hall–Kier alpha value is -1.52. The van der Waals surface area contributed by atoms with Crippen molar-refractivity contribution >= 4 is 22.5 Å². The van der Waals surface area contributed by atoms with E-state index in [4.69, 9.17) is 16.3 Å². The topological polar surface area (TPSA) is 51.5 Å². The summed E-state index contributed by atoms with van der Waals surface area (Å²) in [6.45, 7) is 1.99. The van der Waals surface area contributed by atoms with Crippen LogP contribution in [0.15, 0.2) is 29.1 Å². The molecule has 2 aromatic rings. The number of ether oxygens (including phenoxy) is 1. The number of hydrogen-bond acceptors (Lipinski definition) is 3. The normalized spacial score (nSPS) is 12.6. The highest BCUT2D eigenvalue weighted by Gasteiger charge is 2.16. The molecule has 1 unspecified atom stereocenters. The van der Waals surface area contributed by atoms with Crippen LogP contribution in [0.4, 0.5) is 0 Å². The molecule has 0 amide bonds. The van der Waals surface area contributed by atoms with Gasteiger partial charge in [0.05, 0.1) is 17.0 Å². The van der Waals surface area contributed by atoms with E-state index < -0.39 is 6.10 Å². The maximum atomic E-state index is 12.3. The number of pyridine rings is 1. The number of aliphatic hydroxyl groups is 1. The van der Waals surface area contributed by atoms with Gasteiger partial charge in [-0.3, -0.25) is 4.79 Å². The number of aromatic nitrogens is 1. The average Bonchev–Trinajstić information content (AvgIpc) is 2.49. The molecule has 1 atom stereocenters. The third-order valence-electron chi connectivity index (χ3n) is 3.30. The van der Waals surface area contributed by atoms with Crippen molar-refractivity contribution in [3.05, 3.63) is 40.2 Å². The average molecular weight is 296 g/mol. The number of nitrogens with zero attached hydrogens (tertiary/aromatic N) is 1. The number of benzene rings is 1. The smallest absolute Gasteiger partial charge is 0.257 e. The SMILES string of the molecule is CCc1c(OCC(O)CCl)c2ccccc2n(C)c1=O. The molecule has 0 fully saturated rings. The molecule has 1 aromatic carbocycles. The van der Waals surface area contributed by atoms with Gasteiger partial charge in [0, 0.05) is 12.4 Å². The summed E-state index contributed by atoms with van der Waals surface area (Å²) >= 11 is 5.57. The second-order valence-electron chi connectivity index (χ2n) is 4.66. The summed E-state index contributed by atoms with van der Waals surface area (Å²) in [5, 5.41) is 10.4. The van der Waals surface area contributed by atoms with Crippen LogP contribution in [0.1, 0.15) is 12.5 Å². The fraction of sp³-hybridized carbons (Fsp3) is 0.400. The molecule has 108 valence electrons. The maximum Gasteiger partial charge on any atom is 0.257 e. The number of fused-ring (bicyclic) bond motifs is 1. The van der Waals surface area contributed by atoms with Crippen LogP contribution in [0.2, 0.25) is 0 Å². The van der Waals surface area contributed by atoms with Crippen molar-refractivity contribution in [3.8, 4) is 5.75 Å². The maximum absolute atomic E-state index is 12.3. The molecule has 20 heavy (non-hydrogen) atoms. The van der Waals surface area contributed by atoms with E-state index in [1.165, 1.54) is 0 Å². The molecule has 1 aromatic heterocycles. The number of rotatable bonds is 5. The summed E-state index contributed by atoms with van der Waals surface area (Å²) in [5.74, 6) is 0.653. The zero-order valence-electron chi connectivity index (χ0n) is 11.6. The molecular weight excluding hydrogens is 278 g/mol. The molecule has 0 aliphatic heterocycles. The molecule has 0 aliphatic rings. The zero-order chi connectivity index (χ0) is 14.7. The van der Waals surface area contributed by atoms with Crippen molar-refractivity contribution in [1.82, 2.24) is 4.57 Å². The predicted molar refractivity (Wildman–Crippen MR) is 80.8 cm³/mol. The zero-order valence-corrected chi connectivity index (χ0v) is 12.4. The highest BCUT2D eigenvalue weighted by atomic mass is 35.5. The number of alkyl halides is 1. The van der Waals surface area contributed by atoms with Crippen LogP contribution in [-0.2, 0) is 13.5 Å². The lowest BCUT2D eigenvalue weighted by atomic mass is 10.1. The Morgan fingerprint density at radius 3 is 2.75 bits per heavy atom. The fourth-order valence-electron chi connectivity index (χ4n) is 2.23. The predicted octanol–water partition coefficient (Wildman–Crippen LogP) is 2.08. The Labute approximate surface area is 122 Å². The van der Waals surface area contributed by atoms with E-state index in [0.717, 1.165) is 10.9 Å². The van der Waals surface area contributed by atoms with E-state index in [-0.39, 0.29) is 18.0 Å². The Morgan fingerprint density at radius 2 is 2.10 bits per heavy atom. The second kappa shape index (κ2) is 6.29. The van der Waals surface area contributed by atoms with E-state index in [0.29, 0.717) is 17.7 Å². The van der Waals surface area contributed by atoms with Crippen LogP contribution < -0.4 is 10.3 Å². The van der Waals surface area contributed by atoms with Crippen molar-refractivity contribution in [2.75, 3.05) is 12.5 Å². The molecule has 0 bridgehead atoms. The molecule has 0 saturated heterocycles. The lowest BCUT2D eigenvalue weighted by Gasteiger charge is -2.17. The minimum atomic E-state index is -0.746. The molecule has 2 rings (SSSR count). The van der Waals surface area contributed by atoms with E-state index in [9.17, 15) is 9.90 Å².